The lowest BCUT2D eigenvalue weighted by atomic mass is 10.2. The third kappa shape index (κ3) is 4.44. The van der Waals surface area contributed by atoms with Gasteiger partial charge >= 0.3 is 0 Å². The monoisotopic (exact) mass is 212 g/mol. The number of aryl methyl sites for hydroxylation is 1. The predicted octanol–water partition coefficient (Wildman–Crippen LogP) is 1.75. The van der Waals surface area contributed by atoms with Gasteiger partial charge in [0.2, 0.25) is 0 Å². The number of methoxy groups -OCH3 is 1. The van der Waals surface area contributed by atoms with E-state index in [1.165, 1.54) is 0 Å². The summed E-state index contributed by atoms with van der Waals surface area (Å²) in [5, 5.41) is 7.29. The number of hydrogen-bond donors (Lipinski definition) is 1. The number of nitrogens with one attached hydrogen (secondary N) is 1. The van der Waals surface area contributed by atoms with E-state index in [0.29, 0.717) is 6.04 Å². The first-order chi connectivity index (χ1) is 7.26. The van der Waals surface area contributed by atoms with Crippen molar-refractivity contribution in [3.05, 3.63) is 17.5 Å². The summed E-state index contributed by atoms with van der Waals surface area (Å²) in [7, 11) is 1.72. The highest BCUT2D eigenvalue weighted by Crippen LogP contribution is 2.04. The van der Waals surface area contributed by atoms with E-state index in [1.807, 2.05) is 6.07 Å². The SMILES string of the molecule is CCc1cc(CNC(C)CCOC)on1. The van der Waals surface area contributed by atoms with Crippen molar-refractivity contribution < 1.29 is 9.26 Å². The quantitative estimate of drug-likeness (QED) is 0.748. The molecule has 0 fully saturated rings. The first-order valence-electron chi connectivity index (χ1n) is 5.43. The van der Waals surface area contributed by atoms with Gasteiger partial charge in [-0.25, -0.2) is 0 Å². The Morgan fingerprint density at radius 1 is 1.60 bits per heavy atom. The molecule has 0 radical (unpaired) electrons. The highest BCUT2D eigenvalue weighted by Gasteiger charge is 2.05. The van der Waals surface area contributed by atoms with Crippen LogP contribution in [0.1, 0.15) is 31.7 Å². The lowest BCUT2D eigenvalue weighted by Gasteiger charge is -2.11. The summed E-state index contributed by atoms with van der Waals surface area (Å²) in [6.45, 7) is 5.72. The first kappa shape index (κ1) is 12.2. The Morgan fingerprint density at radius 3 is 3.00 bits per heavy atom. The molecule has 0 aliphatic carbocycles. The first-order valence-corrected chi connectivity index (χ1v) is 5.43. The zero-order valence-electron chi connectivity index (χ0n) is 9.75. The molecule has 4 nitrogen and oxygen atoms in total. The third-order valence-electron chi connectivity index (χ3n) is 2.35. The summed E-state index contributed by atoms with van der Waals surface area (Å²) in [4.78, 5) is 0. The minimum absolute atomic E-state index is 0.431. The van der Waals surface area contributed by atoms with Gasteiger partial charge in [0.05, 0.1) is 12.2 Å². The summed E-state index contributed by atoms with van der Waals surface area (Å²) >= 11 is 0. The molecule has 0 spiro atoms. The van der Waals surface area contributed by atoms with Gasteiger partial charge in [0.25, 0.3) is 0 Å². The Labute approximate surface area is 91.0 Å². The van der Waals surface area contributed by atoms with E-state index in [-0.39, 0.29) is 0 Å². The largest absolute Gasteiger partial charge is 0.385 e. The lowest BCUT2D eigenvalue weighted by molar-refractivity contribution is 0.184. The van der Waals surface area contributed by atoms with E-state index in [2.05, 4.69) is 24.3 Å². The van der Waals surface area contributed by atoms with Crippen LogP contribution in [0.2, 0.25) is 0 Å². The maximum atomic E-state index is 5.17. The number of hydrogen-bond acceptors (Lipinski definition) is 4. The lowest BCUT2D eigenvalue weighted by Crippen LogP contribution is -2.26. The van der Waals surface area contributed by atoms with Gasteiger partial charge in [0, 0.05) is 25.8 Å². The van der Waals surface area contributed by atoms with Crippen molar-refractivity contribution in [2.75, 3.05) is 13.7 Å². The summed E-state index contributed by atoms with van der Waals surface area (Å²) in [6, 6.07) is 2.43. The smallest absolute Gasteiger partial charge is 0.150 e. The molecule has 4 heteroatoms. The van der Waals surface area contributed by atoms with Crippen LogP contribution in [0.5, 0.6) is 0 Å². The Morgan fingerprint density at radius 2 is 2.40 bits per heavy atom. The van der Waals surface area contributed by atoms with Crippen LogP contribution in [0.3, 0.4) is 0 Å². The number of ether oxygens (including phenoxy) is 1. The van der Waals surface area contributed by atoms with E-state index in [9.17, 15) is 0 Å². The second-order valence-corrected chi connectivity index (χ2v) is 3.70. The molecule has 1 atom stereocenters. The average molecular weight is 212 g/mol. The minimum Gasteiger partial charge on any atom is -0.385 e. The van der Waals surface area contributed by atoms with Crippen molar-refractivity contribution in [3.63, 3.8) is 0 Å². The van der Waals surface area contributed by atoms with E-state index >= 15 is 0 Å². The van der Waals surface area contributed by atoms with E-state index in [0.717, 1.165) is 37.4 Å². The molecule has 0 aromatic carbocycles. The summed E-state index contributed by atoms with van der Waals surface area (Å²) < 4.78 is 10.2. The standard InChI is InChI=1S/C11H20N2O2/c1-4-10-7-11(15-13-10)8-12-9(2)5-6-14-3/h7,9,12H,4-6,8H2,1-3H3. The molecule has 0 aliphatic heterocycles. The topological polar surface area (TPSA) is 47.3 Å². The van der Waals surface area contributed by atoms with E-state index in [1.54, 1.807) is 7.11 Å². The normalized spacial score (nSPS) is 13.0. The second-order valence-electron chi connectivity index (χ2n) is 3.70. The van der Waals surface area contributed by atoms with Gasteiger partial charge in [-0.2, -0.15) is 0 Å². The van der Waals surface area contributed by atoms with Crippen molar-refractivity contribution in [1.29, 1.82) is 0 Å². The summed E-state index contributed by atoms with van der Waals surface area (Å²) in [5.74, 6) is 0.899. The van der Waals surface area contributed by atoms with E-state index in [4.69, 9.17) is 9.26 Å². The molecule has 1 aromatic rings. The van der Waals surface area contributed by atoms with Crippen LogP contribution in [0.4, 0.5) is 0 Å². The molecular weight excluding hydrogens is 192 g/mol. The van der Waals surface area contributed by atoms with Crippen LogP contribution >= 0.6 is 0 Å². The third-order valence-corrected chi connectivity index (χ3v) is 2.35. The van der Waals surface area contributed by atoms with Crippen LogP contribution in [-0.2, 0) is 17.7 Å². The van der Waals surface area contributed by atoms with Gasteiger partial charge in [-0.05, 0) is 19.8 Å². The molecule has 1 heterocycles. The van der Waals surface area contributed by atoms with Crippen molar-refractivity contribution in [2.24, 2.45) is 0 Å². The Balaban J connectivity index is 2.24. The highest BCUT2D eigenvalue weighted by atomic mass is 16.5. The average Bonchev–Trinajstić information content (AvgIpc) is 2.71. The molecular formula is C11H20N2O2. The van der Waals surface area contributed by atoms with Gasteiger partial charge in [-0.15, -0.1) is 0 Å². The van der Waals surface area contributed by atoms with Crippen LogP contribution in [0, 0.1) is 0 Å². The minimum atomic E-state index is 0.431. The fraction of sp³-hybridized carbons (Fsp3) is 0.727. The molecule has 0 bridgehead atoms. The zero-order chi connectivity index (χ0) is 11.1. The Kier molecular flexibility index (Phi) is 5.36. The van der Waals surface area contributed by atoms with Gasteiger partial charge in [0.15, 0.2) is 5.76 Å². The highest BCUT2D eigenvalue weighted by molar-refractivity contribution is 5.04. The number of aromatic nitrogens is 1. The molecule has 0 aliphatic rings. The molecule has 1 rings (SSSR count). The maximum Gasteiger partial charge on any atom is 0.150 e. The van der Waals surface area contributed by atoms with Crippen molar-refractivity contribution >= 4 is 0 Å². The van der Waals surface area contributed by atoms with Crippen LogP contribution in [-0.4, -0.2) is 24.9 Å². The molecule has 1 aromatic heterocycles. The van der Waals surface area contributed by atoms with Crippen LogP contribution < -0.4 is 5.32 Å². The van der Waals surface area contributed by atoms with Gasteiger partial charge in [0.1, 0.15) is 0 Å². The van der Waals surface area contributed by atoms with Crippen LogP contribution in [0.25, 0.3) is 0 Å². The molecule has 0 saturated heterocycles. The maximum absolute atomic E-state index is 5.17. The zero-order valence-corrected chi connectivity index (χ0v) is 9.75. The Hall–Kier alpha value is -0.870. The van der Waals surface area contributed by atoms with Crippen molar-refractivity contribution in [2.45, 2.75) is 39.3 Å². The summed E-state index contributed by atoms with van der Waals surface area (Å²) in [6.07, 6.45) is 1.92. The number of nitrogens with zero attached hydrogens (tertiary/aromatic N) is 1. The van der Waals surface area contributed by atoms with Gasteiger partial charge in [-0.1, -0.05) is 12.1 Å². The Bertz CT molecular complexity index is 273. The molecule has 86 valence electrons. The van der Waals surface area contributed by atoms with Crippen molar-refractivity contribution in [3.8, 4) is 0 Å². The molecule has 1 unspecified atom stereocenters. The summed E-state index contributed by atoms with van der Waals surface area (Å²) in [5.41, 5.74) is 1.01. The molecule has 1 N–H and O–H groups in total. The van der Waals surface area contributed by atoms with Crippen LogP contribution in [0.15, 0.2) is 10.6 Å². The van der Waals surface area contributed by atoms with Crippen molar-refractivity contribution in [1.82, 2.24) is 10.5 Å². The van der Waals surface area contributed by atoms with Gasteiger partial charge < -0.3 is 14.6 Å². The second kappa shape index (κ2) is 6.58. The fourth-order valence-corrected chi connectivity index (χ4v) is 1.28. The fourth-order valence-electron chi connectivity index (χ4n) is 1.28. The van der Waals surface area contributed by atoms with Gasteiger partial charge in [-0.3, -0.25) is 0 Å². The van der Waals surface area contributed by atoms with E-state index < -0.39 is 0 Å². The predicted molar refractivity (Wildman–Crippen MR) is 58.7 cm³/mol. The number of rotatable bonds is 7. The molecule has 0 amide bonds. The molecule has 15 heavy (non-hydrogen) atoms. The molecule has 0 saturated carbocycles.